The van der Waals surface area contributed by atoms with Crippen LogP contribution in [0, 0.1) is 6.92 Å². The van der Waals surface area contributed by atoms with Gasteiger partial charge in [-0.3, -0.25) is 4.79 Å². The number of hydrogen-bond acceptors (Lipinski definition) is 6. The first-order valence-electron chi connectivity index (χ1n) is 10.5. The summed E-state index contributed by atoms with van der Waals surface area (Å²) >= 11 is 1.48. The summed E-state index contributed by atoms with van der Waals surface area (Å²) in [5.41, 5.74) is 4.62. The molecule has 0 aliphatic carbocycles. The highest BCUT2D eigenvalue weighted by atomic mass is 32.1. The molecular weight excluding hydrogens is 438 g/mol. The van der Waals surface area contributed by atoms with Gasteiger partial charge in [-0.05, 0) is 31.5 Å². The third-order valence-corrected chi connectivity index (χ3v) is 6.22. The summed E-state index contributed by atoms with van der Waals surface area (Å²) in [6.45, 7) is 4.17. The second-order valence-electron chi connectivity index (χ2n) is 7.55. The van der Waals surface area contributed by atoms with Gasteiger partial charge in [-0.15, -0.1) is 16.4 Å². The van der Waals surface area contributed by atoms with Crippen LogP contribution in [0.15, 0.2) is 65.0 Å². The number of hydrogen-bond donors (Lipinski definition) is 1. The molecule has 0 radical (unpaired) electrons. The molecule has 0 unspecified atom stereocenters. The van der Waals surface area contributed by atoms with Crippen LogP contribution in [0.3, 0.4) is 0 Å². The maximum atomic E-state index is 12.9. The fraction of sp³-hybridized carbons (Fsp3) is 0.167. The Morgan fingerprint density at radius 3 is 2.73 bits per heavy atom. The van der Waals surface area contributed by atoms with E-state index in [1.165, 1.54) is 27.6 Å². The van der Waals surface area contributed by atoms with Gasteiger partial charge in [-0.25, -0.2) is 18.9 Å². The predicted molar refractivity (Wildman–Crippen MR) is 129 cm³/mol. The molecule has 166 valence electrons. The first kappa shape index (κ1) is 20.9. The van der Waals surface area contributed by atoms with E-state index >= 15 is 0 Å². The van der Waals surface area contributed by atoms with Crippen molar-refractivity contribution in [2.24, 2.45) is 0 Å². The normalized spacial score (nSPS) is 11.2. The topological polar surface area (TPSA) is 90.5 Å². The van der Waals surface area contributed by atoms with Crippen LogP contribution in [-0.2, 0) is 11.3 Å². The molecule has 0 saturated heterocycles. The zero-order chi connectivity index (χ0) is 22.9. The van der Waals surface area contributed by atoms with Crippen molar-refractivity contribution in [3.63, 3.8) is 0 Å². The number of aromatic nitrogens is 4. The minimum atomic E-state index is -0.419. The van der Waals surface area contributed by atoms with Gasteiger partial charge in [0, 0.05) is 10.9 Å². The molecule has 0 spiro atoms. The lowest BCUT2D eigenvalue weighted by atomic mass is 10.1. The minimum Gasteiger partial charge on any atom is -0.492 e. The number of carbonyl (C=O) groups is 1. The highest BCUT2D eigenvalue weighted by molar-refractivity contribution is 7.18. The number of carbonyl (C=O) groups excluding carboxylic acids is 1. The van der Waals surface area contributed by atoms with Crippen LogP contribution in [0.5, 0.6) is 5.75 Å². The molecule has 1 N–H and O–H groups in total. The molecule has 0 aliphatic rings. The molecule has 0 atom stereocenters. The Balaban J connectivity index is 1.47. The van der Waals surface area contributed by atoms with Crippen LogP contribution >= 0.6 is 11.3 Å². The van der Waals surface area contributed by atoms with Crippen LogP contribution in [0.1, 0.15) is 12.5 Å². The summed E-state index contributed by atoms with van der Waals surface area (Å²) < 4.78 is 8.87. The van der Waals surface area contributed by atoms with Gasteiger partial charge in [0.15, 0.2) is 5.65 Å². The minimum absolute atomic E-state index is 0.224. The number of ether oxygens (including phenoxy) is 1. The summed E-state index contributed by atoms with van der Waals surface area (Å²) in [6.07, 6.45) is 1.47. The number of fused-ring (bicyclic) bond motifs is 3. The largest absolute Gasteiger partial charge is 0.492 e. The van der Waals surface area contributed by atoms with E-state index in [2.05, 4.69) is 39.7 Å². The Kier molecular flexibility index (Phi) is 5.39. The summed E-state index contributed by atoms with van der Waals surface area (Å²) in [7, 11) is 0. The summed E-state index contributed by atoms with van der Waals surface area (Å²) in [6, 6.07) is 15.4. The third-order valence-electron chi connectivity index (χ3n) is 5.26. The second-order valence-corrected chi connectivity index (χ2v) is 8.43. The van der Waals surface area contributed by atoms with Crippen LogP contribution in [0.4, 0.5) is 5.69 Å². The molecule has 0 saturated carbocycles. The number of thiophene rings is 1. The number of amides is 1. The fourth-order valence-electron chi connectivity index (χ4n) is 3.65. The Labute approximate surface area is 193 Å². The number of nitrogens with one attached hydrogen (secondary N) is 1. The first-order chi connectivity index (χ1) is 16.0. The quantitative estimate of drug-likeness (QED) is 0.413. The zero-order valence-corrected chi connectivity index (χ0v) is 18.9. The van der Waals surface area contributed by atoms with Gasteiger partial charge in [0.25, 0.3) is 0 Å². The van der Waals surface area contributed by atoms with Gasteiger partial charge in [0.1, 0.15) is 18.6 Å². The maximum absolute atomic E-state index is 12.9. The van der Waals surface area contributed by atoms with Gasteiger partial charge in [0.05, 0.1) is 22.5 Å². The van der Waals surface area contributed by atoms with Crippen LogP contribution in [0.2, 0.25) is 0 Å². The van der Waals surface area contributed by atoms with Crippen LogP contribution < -0.4 is 15.7 Å². The lowest BCUT2D eigenvalue weighted by Gasteiger charge is -2.10. The lowest BCUT2D eigenvalue weighted by Crippen LogP contribution is -2.28. The summed E-state index contributed by atoms with van der Waals surface area (Å²) in [4.78, 5) is 30.1. The SMILES string of the molecule is CCOc1ccccc1NC(=O)Cn1nc2c3scc(-c4ccc(C)cc4)c3ncn2c1=O. The number of rotatable bonds is 6. The fourth-order valence-corrected chi connectivity index (χ4v) is 4.65. The standard InChI is InChI=1S/C24H21N5O3S/c1-3-32-19-7-5-4-6-18(19)26-20(30)12-29-24(31)28-14-25-21-17(13-33-22(21)23(28)27-29)16-10-8-15(2)9-11-16/h4-11,13-14H,3,12H2,1-2H3,(H,26,30). The van der Waals surface area contributed by atoms with E-state index in [0.717, 1.165) is 26.0 Å². The van der Waals surface area contributed by atoms with Gasteiger partial charge in [0.2, 0.25) is 5.91 Å². The van der Waals surface area contributed by atoms with E-state index in [0.29, 0.717) is 23.7 Å². The Hall–Kier alpha value is -3.98. The van der Waals surface area contributed by atoms with E-state index < -0.39 is 5.69 Å². The number of nitrogens with zero attached hydrogens (tertiary/aromatic N) is 4. The third kappa shape index (κ3) is 3.87. The van der Waals surface area contributed by atoms with Crippen molar-refractivity contribution in [2.45, 2.75) is 20.4 Å². The monoisotopic (exact) mass is 459 g/mol. The van der Waals surface area contributed by atoms with Gasteiger partial charge >= 0.3 is 5.69 Å². The van der Waals surface area contributed by atoms with Crippen molar-refractivity contribution in [2.75, 3.05) is 11.9 Å². The molecule has 9 heteroatoms. The molecule has 1 amide bonds. The van der Waals surface area contributed by atoms with Crippen molar-refractivity contribution < 1.29 is 9.53 Å². The van der Waals surface area contributed by atoms with Gasteiger partial charge < -0.3 is 10.1 Å². The Bertz CT molecular complexity index is 1530. The van der Waals surface area contributed by atoms with E-state index in [1.54, 1.807) is 18.2 Å². The van der Waals surface area contributed by atoms with Gasteiger partial charge in [-0.1, -0.05) is 42.0 Å². The Morgan fingerprint density at radius 1 is 1.15 bits per heavy atom. The number of para-hydroxylation sites is 2. The molecule has 8 nitrogen and oxygen atoms in total. The number of aryl methyl sites for hydroxylation is 1. The van der Waals surface area contributed by atoms with Crippen molar-refractivity contribution in [1.29, 1.82) is 0 Å². The molecule has 0 fully saturated rings. The molecule has 0 aliphatic heterocycles. The number of benzene rings is 2. The smallest absolute Gasteiger partial charge is 0.352 e. The highest BCUT2D eigenvalue weighted by Gasteiger charge is 2.17. The Morgan fingerprint density at radius 2 is 1.94 bits per heavy atom. The average molecular weight is 460 g/mol. The molecule has 5 aromatic rings. The average Bonchev–Trinajstić information content (AvgIpc) is 3.37. The van der Waals surface area contributed by atoms with E-state index in [9.17, 15) is 9.59 Å². The van der Waals surface area contributed by atoms with Gasteiger partial charge in [-0.2, -0.15) is 0 Å². The molecule has 5 rings (SSSR count). The second kappa shape index (κ2) is 8.51. The van der Waals surface area contributed by atoms with Crippen LogP contribution in [0.25, 0.3) is 27.0 Å². The van der Waals surface area contributed by atoms with Crippen LogP contribution in [-0.4, -0.2) is 31.7 Å². The zero-order valence-electron chi connectivity index (χ0n) is 18.1. The molecular formula is C24H21N5O3S. The van der Waals surface area contributed by atoms with Crippen molar-refractivity contribution in [3.8, 4) is 16.9 Å². The summed E-state index contributed by atoms with van der Waals surface area (Å²) in [5.74, 6) is 0.201. The molecule has 0 bridgehead atoms. The lowest BCUT2D eigenvalue weighted by molar-refractivity contribution is -0.117. The highest BCUT2D eigenvalue weighted by Crippen LogP contribution is 2.34. The molecule has 33 heavy (non-hydrogen) atoms. The predicted octanol–water partition coefficient (Wildman–Crippen LogP) is 4.12. The first-order valence-corrected chi connectivity index (χ1v) is 11.4. The van der Waals surface area contributed by atoms with E-state index in [-0.39, 0.29) is 12.5 Å². The molecule has 2 aromatic carbocycles. The van der Waals surface area contributed by atoms with E-state index in [4.69, 9.17) is 4.74 Å². The van der Waals surface area contributed by atoms with Crippen molar-refractivity contribution in [1.82, 2.24) is 19.2 Å². The molecule has 3 heterocycles. The molecule has 3 aromatic heterocycles. The number of anilines is 1. The van der Waals surface area contributed by atoms with Crippen molar-refractivity contribution >= 4 is 38.8 Å². The summed E-state index contributed by atoms with van der Waals surface area (Å²) in [5, 5.41) is 9.26. The van der Waals surface area contributed by atoms with E-state index in [1.807, 2.05) is 25.3 Å². The van der Waals surface area contributed by atoms with Crippen molar-refractivity contribution in [3.05, 3.63) is 76.3 Å². The maximum Gasteiger partial charge on any atom is 0.352 e.